The summed E-state index contributed by atoms with van der Waals surface area (Å²) in [6, 6.07) is 6.79. The van der Waals surface area contributed by atoms with E-state index in [1.54, 1.807) is 45.0 Å². The van der Waals surface area contributed by atoms with Gasteiger partial charge in [0.2, 0.25) is 33.6 Å². The van der Waals surface area contributed by atoms with Crippen molar-refractivity contribution >= 4 is 27.6 Å². The normalized spacial score (nSPS) is 13.3. The molecule has 0 amide bonds. The van der Waals surface area contributed by atoms with Crippen molar-refractivity contribution in [2.75, 3.05) is 18.9 Å². The summed E-state index contributed by atoms with van der Waals surface area (Å²) in [4.78, 5) is 12.5. The molecule has 0 unspecified atom stereocenters. The van der Waals surface area contributed by atoms with Crippen molar-refractivity contribution in [1.29, 1.82) is 0 Å². The number of hydrogen-bond donors (Lipinski definition) is 1. The molecular weight excluding hydrogens is 510 g/mol. The van der Waals surface area contributed by atoms with E-state index in [0.717, 1.165) is 0 Å². The summed E-state index contributed by atoms with van der Waals surface area (Å²) in [6.45, 7) is 5.11. The molecule has 2 atom stereocenters. The average molecular weight is 534 g/mol. The van der Waals surface area contributed by atoms with Gasteiger partial charge in [0.05, 0.1) is 24.5 Å². The molecule has 0 bridgehead atoms. The maximum Gasteiger partial charge on any atom is 0.245 e. The fraction of sp³-hybridized carbons (Fsp3) is 0.318. The van der Waals surface area contributed by atoms with Gasteiger partial charge in [-0.15, -0.1) is 10.2 Å². The lowest BCUT2D eigenvalue weighted by atomic mass is 10.0. The van der Waals surface area contributed by atoms with E-state index in [9.17, 15) is 8.42 Å². The van der Waals surface area contributed by atoms with Gasteiger partial charge >= 0.3 is 0 Å². The second-order valence-electron chi connectivity index (χ2n) is 7.88. The lowest BCUT2D eigenvalue weighted by Crippen LogP contribution is -2.31. The van der Waals surface area contributed by atoms with E-state index in [1.807, 2.05) is 0 Å². The van der Waals surface area contributed by atoms with Crippen LogP contribution in [-0.4, -0.2) is 57.6 Å². The first-order valence-corrected chi connectivity index (χ1v) is 12.7. The number of rotatable bonds is 9. The smallest absolute Gasteiger partial charge is 0.245 e. The van der Waals surface area contributed by atoms with Gasteiger partial charge < -0.3 is 13.9 Å². The van der Waals surface area contributed by atoms with E-state index in [1.165, 1.54) is 31.3 Å². The van der Waals surface area contributed by atoms with Gasteiger partial charge in [-0.25, -0.2) is 13.0 Å². The van der Waals surface area contributed by atoms with E-state index in [0.29, 0.717) is 22.2 Å². The Hall–Kier alpha value is -3.71. The molecule has 4 heterocycles. The monoisotopic (exact) mass is 533 g/mol. The summed E-state index contributed by atoms with van der Waals surface area (Å²) in [5, 5.41) is 7.84. The van der Waals surface area contributed by atoms with E-state index < -0.39 is 21.2 Å². The van der Waals surface area contributed by atoms with E-state index >= 15 is 0 Å². The topological polar surface area (TPSA) is 147 Å². The second-order valence-corrected chi connectivity index (χ2v) is 10.4. The van der Waals surface area contributed by atoms with Gasteiger partial charge in [0.1, 0.15) is 12.1 Å². The second kappa shape index (κ2) is 10.1. The Bertz CT molecular complexity index is 1450. The molecule has 190 valence electrons. The van der Waals surface area contributed by atoms with Crippen LogP contribution in [0.15, 0.2) is 41.2 Å². The SMILES string of the molecule is COc1ncnc(OC)c1-n1c(NS(=O)(=O)[C@@H](C)[C@H](C)c2ccc(Cl)cn2)nnc1-c1ccc(C)o1. The van der Waals surface area contributed by atoms with Crippen LogP contribution in [0.1, 0.15) is 31.2 Å². The third kappa shape index (κ3) is 4.84. The van der Waals surface area contributed by atoms with Crippen molar-refractivity contribution in [3.8, 4) is 29.0 Å². The van der Waals surface area contributed by atoms with Crippen molar-refractivity contribution in [2.24, 2.45) is 0 Å². The van der Waals surface area contributed by atoms with E-state index in [2.05, 4.69) is 29.9 Å². The van der Waals surface area contributed by atoms with E-state index in [-0.39, 0.29) is 29.2 Å². The molecule has 0 aliphatic heterocycles. The predicted octanol–water partition coefficient (Wildman–Crippen LogP) is 3.63. The molecular formula is C22H24ClN7O5S. The maximum absolute atomic E-state index is 13.5. The number of halogens is 1. The van der Waals surface area contributed by atoms with Gasteiger partial charge in [-0.05, 0) is 38.1 Å². The number of nitrogens with one attached hydrogen (secondary N) is 1. The Labute approximate surface area is 212 Å². The molecule has 36 heavy (non-hydrogen) atoms. The summed E-state index contributed by atoms with van der Waals surface area (Å²) >= 11 is 5.92. The molecule has 14 heteroatoms. The van der Waals surface area contributed by atoms with Gasteiger partial charge in [-0.3, -0.25) is 9.71 Å². The zero-order chi connectivity index (χ0) is 26.0. The number of nitrogens with zero attached hydrogens (tertiary/aromatic N) is 6. The Balaban J connectivity index is 1.81. The quantitative estimate of drug-likeness (QED) is 0.338. The standard InChI is InChI=1S/C22H24ClN7O5S/c1-12-6-9-17(35-12)19-27-28-22(30(19)18-20(33-4)25-11-26-21(18)34-5)29-36(31,32)14(3)13(2)16-8-7-15(23)10-24-16/h6-11,13-14H,1-5H3,(H,28,29)/t13-,14-/m0/s1. The molecule has 0 aliphatic carbocycles. The fourth-order valence-corrected chi connectivity index (χ4v) is 4.86. The zero-order valence-electron chi connectivity index (χ0n) is 20.1. The lowest BCUT2D eigenvalue weighted by Gasteiger charge is -2.21. The van der Waals surface area contributed by atoms with Gasteiger partial charge in [0.15, 0.2) is 11.4 Å². The van der Waals surface area contributed by atoms with Crippen molar-refractivity contribution in [3.05, 3.63) is 53.3 Å². The first-order valence-electron chi connectivity index (χ1n) is 10.7. The summed E-state index contributed by atoms with van der Waals surface area (Å²) in [7, 11) is -1.17. The van der Waals surface area contributed by atoms with Crippen molar-refractivity contribution in [1.82, 2.24) is 29.7 Å². The van der Waals surface area contributed by atoms with Crippen molar-refractivity contribution < 1.29 is 22.3 Å². The minimum Gasteiger partial charge on any atom is -0.479 e. The van der Waals surface area contributed by atoms with Crippen LogP contribution in [-0.2, 0) is 10.0 Å². The molecule has 4 aromatic rings. The number of anilines is 1. The molecule has 0 saturated carbocycles. The van der Waals surface area contributed by atoms with Gasteiger partial charge in [-0.2, -0.15) is 9.97 Å². The summed E-state index contributed by atoms with van der Waals surface area (Å²) in [5.74, 6) is 0.776. The fourth-order valence-electron chi connectivity index (χ4n) is 3.50. The molecule has 4 rings (SSSR count). The lowest BCUT2D eigenvalue weighted by molar-refractivity contribution is 0.368. The predicted molar refractivity (Wildman–Crippen MR) is 132 cm³/mol. The minimum absolute atomic E-state index is 0.110. The van der Waals surface area contributed by atoms with Gasteiger partial charge in [0, 0.05) is 17.8 Å². The van der Waals surface area contributed by atoms with Crippen LogP contribution in [0, 0.1) is 6.92 Å². The summed E-state index contributed by atoms with van der Waals surface area (Å²) in [5.41, 5.74) is 0.764. The van der Waals surface area contributed by atoms with Crippen LogP contribution in [0.25, 0.3) is 17.3 Å². The highest BCUT2D eigenvalue weighted by atomic mass is 35.5. The van der Waals surface area contributed by atoms with Crippen LogP contribution >= 0.6 is 11.6 Å². The number of pyridine rings is 1. The van der Waals surface area contributed by atoms with Crippen LogP contribution in [0.5, 0.6) is 11.8 Å². The van der Waals surface area contributed by atoms with Crippen LogP contribution in [0.2, 0.25) is 5.02 Å². The molecule has 12 nitrogen and oxygen atoms in total. The Morgan fingerprint density at radius 3 is 2.28 bits per heavy atom. The third-order valence-corrected chi connectivity index (χ3v) is 7.71. The molecule has 0 radical (unpaired) electrons. The Morgan fingerprint density at radius 2 is 1.72 bits per heavy atom. The minimum atomic E-state index is -4.00. The molecule has 0 spiro atoms. The van der Waals surface area contributed by atoms with Crippen LogP contribution in [0.3, 0.4) is 0 Å². The Morgan fingerprint density at radius 1 is 1.03 bits per heavy atom. The number of furan rings is 1. The first-order chi connectivity index (χ1) is 17.2. The highest BCUT2D eigenvalue weighted by Crippen LogP contribution is 2.36. The zero-order valence-corrected chi connectivity index (χ0v) is 21.7. The maximum atomic E-state index is 13.5. The van der Waals surface area contributed by atoms with Crippen LogP contribution in [0.4, 0.5) is 5.95 Å². The molecule has 0 aliphatic rings. The number of aryl methyl sites for hydroxylation is 1. The molecule has 0 fully saturated rings. The highest BCUT2D eigenvalue weighted by Gasteiger charge is 2.32. The Kier molecular flexibility index (Phi) is 7.13. The van der Waals surface area contributed by atoms with Crippen molar-refractivity contribution in [3.63, 3.8) is 0 Å². The van der Waals surface area contributed by atoms with Crippen molar-refractivity contribution in [2.45, 2.75) is 31.9 Å². The van der Waals surface area contributed by atoms with Gasteiger partial charge in [0.25, 0.3) is 0 Å². The average Bonchev–Trinajstić information content (AvgIpc) is 3.48. The number of ether oxygens (including phenoxy) is 2. The number of hydrogen-bond acceptors (Lipinski definition) is 10. The van der Waals surface area contributed by atoms with Gasteiger partial charge in [-0.1, -0.05) is 18.5 Å². The summed E-state index contributed by atoms with van der Waals surface area (Å²) < 4.78 is 47.4. The molecule has 1 N–H and O–H groups in total. The molecule has 0 aromatic carbocycles. The highest BCUT2D eigenvalue weighted by molar-refractivity contribution is 7.93. The number of aromatic nitrogens is 6. The summed E-state index contributed by atoms with van der Waals surface area (Å²) in [6.07, 6.45) is 2.73. The third-order valence-electron chi connectivity index (χ3n) is 5.63. The number of sulfonamides is 1. The molecule has 0 saturated heterocycles. The molecule has 4 aromatic heterocycles. The van der Waals surface area contributed by atoms with E-state index in [4.69, 9.17) is 25.5 Å². The largest absolute Gasteiger partial charge is 0.479 e. The van der Waals surface area contributed by atoms with Crippen LogP contribution < -0.4 is 14.2 Å². The number of methoxy groups -OCH3 is 2. The first kappa shape index (κ1) is 25.4.